The second kappa shape index (κ2) is 7.11. The lowest BCUT2D eigenvalue weighted by molar-refractivity contribution is 0.161. The van der Waals surface area contributed by atoms with E-state index in [4.69, 9.17) is 5.73 Å². The summed E-state index contributed by atoms with van der Waals surface area (Å²) in [7, 11) is 2.23. The molecule has 0 aromatic heterocycles. The van der Waals surface area contributed by atoms with Crippen LogP contribution in [-0.4, -0.2) is 35.5 Å². The Balaban J connectivity index is 2.21. The molecule has 0 radical (unpaired) electrons. The molecule has 1 heterocycles. The third kappa shape index (κ3) is 3.75. The van der Waals surface area contributed by atoms with E-state index >= 15 is 0 Å². The largest absolute Gasteiger partial charge is 0.326 e. The highest BCUT2D eigenvalue weighted by molar-refractivity contribution is 9.10. The van der Waals surface area contributed by atoms with Gasteiger partial charge in [-0.15, -0.1) is 0 Å². The first kappa shape index (κ1) is 15.4. The molecule has 0 amide bonds. The van der Waals surface area contributed by atoms with Crippen LogP contribution in [0, 0.1) is 0 Å². The van der Waals surface area contributed by atoms with E-state index in [1.807, 2.05) is 0 Å². The van der Waals surface area contributed by atoms with Crippen molar-refractivity contribution in [2.75, 3.05) is 18.6 Å². The molecule has 0 spiro atoms. The second-order valence-corrected chi connectivity index (χ2v) is 7.32. The zero-order valence-corrected chi connectivity index (χ0v) is 14.1. The van der Waals surface area contributed by atoms with Gasteiger partial charge in [-0.1, -0.05) is 35.0 Å². The molecule has 0 aliphatic carbocycles. The number of benzene rings is 1. The Hall–Kier alpha value is -0.0300. The molecule has 19 heavy (non-hydrogen) atoms. The molecule has 106 valence electrons. The summed E-state index contributed by atoms with van der Waals surface area (Å²) in [6.07, 6.45) is 2.29. The van der Waals surface area contributed by atoms with Crippen LogP contribution < -0.4 is 5.73 Å². The number of halogens is 1. The van der Waals surface area contributed by atoms with E-state index < -0.39 is 0 Å². The van der Waals surface area contributed by atoms with Crippen molar-refractivity contribution < 1.29 is 0 Å². The van der Waals surface area contributed by atoms with Crippen LogP contribution >= 0.6 is 27.7 Å². The van der Waals surface area contributed by atoms with Gasteiger partial charge in [-0.3, -0.25) is 4.90 Å². The summed E-state index contributed by atoms with van der Waals surface area (Å²) in [5.74, 6) is 2.52. The first-order chi connectivity index (χ1) is 9.13. The maximum atomic E-state index is 6.40. The van der Waals surface area contributed by atoms with Crippen LogP contribution in [0.5, 0.6) is 0 Å². The van der Waals surface area contributed by atoms with Gasteiger partial charge >= 0.3 is 0 Å². The molecule has 2 rings (SSSR count). The average Bonchev–Trinajstić information content (AvgIpc) is 2.95. The van der Waals surface area contributed by atoms with Crippen molar-refractivity contribution in [2.24, 2.45) is 5.73 Å². The lowest BCUT2D eigenvalue weighted by Crippen LogP contribution is -2.44. The van der Waals surface area contributed by atoms with E-state index in [1.165, 1.54) is 23.5 Å². The van der Waals surface area contributed by atoms with Crippen molar-refractivity contribution >= 4 is 27.7 Å². The van der Waals surface area contributed by atoms with Crippen LogP contribution in [0.2, 0.25) is 0 Å². The maximum absolute atomic E-state index is 6.40. The van der Waals surface area contributed by atoms with Crippen molar-refractivity contribution in [2.45, 2.75) is 37.9 Å². The van der Waals surface area contributed by atoms with E-state index in [0.29, 0.717) is 12.1 Å². The van der Waals surface area contributed by atoms with Gasteiger partial charge in [-0.2, -0.15) is 11.8 Å². The molecule has 0 bridgehead atoms. The molecule has 1 aromatic rings. The smallest absolute Gasteiger partial charge is 0.0499 e. The van der Waals surface area contributed by atoms with Crippen molar-refractivity contribution in [1.82, 2.24) is 4.90 Å². The lowest BCUT2D eigenvalue weighted by atomic mass is 9.95. The van der Waals surface area contributed by atoms with Crippen LogP contribution in [0.4, 0.5) is 0 Å². The molecular formula is C15H23BrN2S. The number of nitrogens with zero attached hydrogens (tertiary/aromatic N) is 1. The highest BCUT2D eigenvalue weighted by Gasteiger charge is 2.30. The predicted molar refractivity (Wildman–Crippen MR) is 88.6 cm³/mol. The van der Waals surface area contributed by atoms with Gasteiger partial charge in [0.15, 0.2) is 0 Å². The fourth-order valence-corrected chi connectivity index (χ4v) is 4.28. The quantitative estimate of drug-likeness (QED) is 0.885. The van der Waals surface area contributed by atoms with Crippen LogP contribution in [-0.2, 0) is 0 Å². The first-order valence-corrected chi connectivity index (χ1v) is 8.89. The summed E-state index contributed by atoms with van der Waals surface area (Å²) in [6.45, 7) is 2.17. The van der Waals surface area contributed by atoms with Crippen LogP contribution in [0.3, 0.4) is 0 Å². The van der Waals surface area contributed by atoms with Gasteiger partial charge in [-0.05, 0) is 43.3 Å². The Labute approximate surface area is 129 Å². The SMILES string of the molecule is CCC(N)C(c1ccc(Br)cc1)N(C)C1CCSC1. The highest BCUT2D eigenvalue weighted by atomic mass is 79.9. The van der Waals surface area contributed by atoms with Crippen LogP contribution in [0.15, 0.2) is 28.7 Å². The zero-order valence-electron chi connectivity index (χ0n) is 11.7. The molecule has 1 aliphatic rings. The Kier molecular flexibility index (Phi) is 5.75. The van der Waals surface area contributed by atoms with Gasteiger partial charge in [-0.25, -0.2) is 0 Å². The molecule has 4 heteroatoms. The van der Waals surface area contributed by atoms with Gasteiger partial charge in [0.1, 0.15) is 0 Å². The fraction of sp³-hybridized carbons (Fsp3) is 0.600. The Morgan fingerprint density at radius 3 is 2.63 bits per heavy atom. The number of rotatable bonds is 5. The molecule has 1 aromatic carbocycles. The summed E-state index contributed by atoms with van der Waals surface area (Å²) in [4.78, 5) is 2.50. The molecule has 1 saturated heterocycles. The molecule has 3 unspecified atom stereocenters. The Morgan fingerprint density at radius 1 is 1.42 bits per heavy atom. The van der Waals surface area contributed by atoms with E-state index in [-0.39, 0.29) is 6.04 Å². The minimum Gasteiger partial charge on any atom is -0.326 e. The third-order valence-corrected chi connectivity index (χ3v) is 5.68. The van der Waals surface area contributed by atoms with Gasteiger partial charge in [0.05, 0.1) is 0 Å². The van der Waals surface area contributed by atoms with E-state index in [0.717, 1.165) is 10.9 Å². The monoisotopic (exact) mass is 342 g/mol. The molecule has 3 atom stereocenters. The second-order valence-electron chi connectivity index (χ2n) is 5.25. The van der Waals surface area contributed by atoms with Gasteiger partial charge in [0.25, 0.3) is 0 Å². The maximum Gasteiger partial charge on any atom is 0.0499 e. The summed E-state index contributed by atoms with van der Waals surface area (Å²) < 4.78 is 1.12. The summed E-state index contributed by atoms with van der Waals surface area (Å²) >= 11 is 5.56. The fourth-order valence-electron chi connectivity index (χ4n) is 2.74. The van der Waals surface area contributed by atoms with Crippen molar-refractivity contribution in [3.8, 4) is 0 Å². The number of hydrogen-bond acceptors (Lipinski definition) is 3. The molecular weight excluding hydrogens is 320 g/mol. The minimum atomic E-state index is 0.191. The minimum absolute atomic E-state index is 0.191. The van der Waals surface area contributed by atoms with Gasteiger partial charge in [0.2, 0.25) is 0 Å². The summed E-state index contributed by atoms with van der Waals surface area (Å²) in [5, 5.41) is 0. The van der Waals surface area contributed by atoms with Crippen LogP contribution in [0.25, 0.3) is 0 Å². The zero-order chi connectivity index (χ0) is 13.8. The van der Waals surface area contributed by atoms with Gasteiger partial charge in [0, 0.05) is 28.4 Å². The number of nitrogens with two attached hydrogens (primary N) is 1. The van der Waals surface area contributed by atoms with Crippen molar-refractivity contribution in [3.63, 3.8) is 0 Å². The Bertz CT molecular complexity index is 390. The highest BCUT2D eigenvalue weighted by Crippen LogP contribution is 2.31. The van der Waals surface area contributed by atoms with E-state index in [1.54, 1.807) is 0 Å². The Morgan fingerprint density at radius 2 is 2.11 bits per heavy atom. The molecule has 0 saturated carbocycles. The average molecular weight is 343 g/mol. The van der Waals surface area contributed by atoms with E-state index in [2.05, 4.69) is 70.8 Å². The number of hydrogen-bond donors (Lipinski definition) is 1. The third-order valence-electron chi connectivity index (χ3n) is 4.01. The number of thioether (sulfide) groups is 1. The normalized spacial score (nSPS) is 22.7. The topological polar surface area (TPSA) is 29.3 Å². The molecule has 2 N–H and O–H groups in total. The molecule has 1 aliphatic heterocycles. The number of likely N-dealkylation sites (N-methyl/N-ethyl adjacent to an activating group) is 1. The van der Waals surface area contributed by atoms with Gasteiger partial charge < -0.3 is 5.73 Å². The summed E-state index contributed by atoms with van der Waals surface area (Å²) in [5.41, 5.74) is 7.73. The van der Waals surface area contributed by atoms with E-state index in [9.17, 15) is 0 Å². The van der Waals surface area contributed by atoms with Crippen LogP contribution in [0.1, 0.15) is 31.4 Å². The molecule has 2 nitrogen and oxygen atoms in total. The predicted octanol–water partition coefficient (Wildman–Crippen LogP) is 3.66. The molecule has 1 fully saturated rings. The standard InChI is InChI=1S/C15H23BrN2S/c1-3-14(17)15(11-4-6-12(16)7-5-11)18(2)13-8-9-19-10-13/h4-7,13-15H,3,8-10,17H2,1-2H3. The lowest BCUT2D eigenvalue weighted by Gasteiger charge is -2.36. The van der Waals surface area contributed by atoms with Crippen molar-refractivity contribution in [1.29, 1.82) is 0 Å². The summed E-state index contributed by atoms with van der Waals surface area (Å²) in [6, 6.07) is 9.80. The van der Waals surface area contributed by atoms with Crippen molar-refractivity contribution in [3.05, 3.63) is 34.3 Å². The first-order valence-electron chi connectivity index (χ1n) is 6.94.